The third-order valence-corrected chi connectivity index (χ3v) is 7.72. The topological polar surface area (TPSA) is 95.6 Å². The molecule has 1 unspecified atom stereocenters. The van der Waals surface area contributed by atoms with Gasteiger partial charge in [0, 0.05) is 19.1 Å². The van der Waals surface area contributed by atoms with E-state index in [1.165, 1.54) is 29.6 Å². The zero-order valence-corrected chi connectivity index (χ0v) is 15.9. The van der Waals surface area contributed by atoms with E-state index in [4.69, 9.17) is 0 Å². The zero-order valence-electron chi connectivity index (χ0n) is 14.2. The number of nitrogens with zero attached hydrogens (tertiary/aromatic N) is 1. The van der Waals surface area contributed by atoms with Gasteiger partial charge in [0.2, 0.25) is 20.0 Å². The Kier molecular flexibility index (Phi) is 6.03. The van der Waals surface area contributed by atoms with Crippen LogP contribution in [-0.2, 0) is 20.0 Å². The van der Waals surface area contributed by atoms with Gasteiger partial charge in [-0.2, -0.15) is 4.31 Å². The van der Waals surface area contributed by atoms with E-state index in [-0.39, 0.29) is 15.8 Å². The second-order valence-electron chi connectivity index (χ2n) is 5.90. The van der Waals surface area contributed by atoms with Gasteiger partial charge in [0.25, 0.3) is 0 Å². The van der Waals surface area contributed by atoms with Crippen molar-refractivity contribution in [3.05, 3.63) is 23.8 Å². The molecule has 1 aromatic carbocycles. The maximum Gasteiger partial charge on any atom is 0.243 e. The van der Waals surface area contributed by atoms with Gasteiger partial charge in [0.15, 0.2) is 0 Å². The van der Waals surface area contributed by atoms with E-state index in [9.17, 15) is 16.8 Å². The molecule has 0 aliphatic carbocycles. The highest BCUT2D eigenvalue weighted by Crippen LogP contribution is 2.25. The normalized spacial score (nSPS) is 19.1. The van der Waals surface area contributed by atoms with E-state index in [2.05, 4.69) is 10.0 Å². The van der Waals surface area contributed by atoms with E-state index in [1.807, 2.05) is 6.92 Å². The van der Waals surface area contributed by atoms with E-state index in [1.54, 1.807) is 6.92 Å². The highest BCUT2D eigenvalue weighted by atomic mass is 32.2. The Morgan fingerprint density at radius 2 is 2.00 bits per heavy atom. The molecule has 0 saturated carbocycles. The average molecular weight is 376 g/mol. The maximum atomic E-state index is 13.0. The second kappa shape index (κ2) is 7.49. The molecule has 2 N–H and O–H groups in total. The minimum absolute atomic E-state index is 0.0593. The van der Waals surface area contributed by atoms with Gasteiger partial charge in [-0.1, -0.05) is 6.92 Å². The number of sulfonamides is 2. The number of nitrogens with one attached hydrogen (secondary N) is 2. The van der Waals surface area contributed by atoms with Crippen LogP contribution in [0.3, 0.4) is 0 Å². The standard InChI is InChI=1S/C15H25N3O4S2/c1-4-9-18(13-7-8-17-11-13)24(21,22)14-5-6-15(12(2)10-14)23(19,20)16-3/h5-6,10,13,16-17H,4,7-9,11H2,1-3H3. The summed E-state index contributed by atoms with van der Waals surface area (Å²) < 4.78 is 53.7. The molecule has 136 valence electrons. The van der Waals surface area contributed by atoms with E-state index in [0.717, 1.165) is 19.4 Å². The highest BCUT2D eigenvalue weighted by molar-refractivity contribution is 7.89. The Morgan fingerprint density at radius 1 is 1.29 bits per heavy atom. The second-order valence-corrected chi connectivity index (χ2v) is 9.64. The van der Waals surface area contributed by atoms with Crippen LogP contribution in [0.4, 0.5) is 0 Å². The Bertz CT molecular complexity index is 785. The first-order valence-corrected chi connectivity index (χ1v) is 10.9. The predicted molar refractivity (Wildman–Crippen MR) is 92.9 cm³/mol. The molecule has 1 aliphatic heterocycles. The molecule has 0 bridgehead atoms. The molecule has 1 fully saturated rings. The number of hydrogen-bond acceptors (Lipinski definition) is 5. The number of rotatable bonds is 7. The molecule has 1 saturated heterocycles. The lowest BCUT2D eigenvalue weighted by molar-refractivity contribution is 0.335. The van der Waals surface area contributed by atoms with E-state index in [0.29, 0.717) is 18.7 Å². The van der Waals surface area contributed by atoms with Gasteiger partial charge in [-0.3, -0.25) is 0 Å². The molecule has 1 atom stereocenters. The molecule has 0 spiro atoms. The van der Waals surface area contributed by atoms with Crippen molar-refractivity contribution in [2.24, 2.45) is 0 Å². The van der Waals surface area contributed by atoms with Crippen LogP contribution in [0, 0.1) is 6.92 Å². The molecular weight excluding hydrogens is 350 g/mol. The zero-order chi connectivity index (χ0) is 18.0. The summed E-state index contributed by atoms with van der Waals surface area (Å²) in [7, 11) is -5.94. The number of hydrogen-bond donors (Lipinski definition) is 2. The van der Waals surface area contributed by atoms with Crippen molar-refractivity contribution < 1.29 is 16.8 Å². The summed E-state index contributed by atoms with van der Waals surface area (Å²) in [6, 6.07) is 4.10. The molecule has 1 aromatic rings. The van der Waals surface area contributed by atoms with Crippen LogP contribution in [0.1, 0.15) is 25.3 Å². The van der Waals surface area contributed by atoms with Crippen molar-refractivity contribution in [1.82, 2.24) is 14.3 Å². The van der Waals surface area contributed by atoms with Crippen LogP contribution in [0.2, 0.25) is 0 Å². The Hall–Kier alpha value is -1.00. The summed E-state index contributed by atoms with van der Waals surface area (Å²) in [5.41, 5.74) is 0.409. The summed E-state index contributed by atoms with van der Waals surface area (Å²) in [5.74, 6) is 0. The smallest absolute Gasteiger partial charge is 0.243 e. The Balaban J connectivity index is 2.43. The van der Waals surface area contributed by atoms with Crippen LogP contribution in [0.25, 0.3) is 0 Å². The Labute approximate surface area is 144 Å². The predicted octanol–water partition coefficient (Wildman–Crippen LogP) is 0.666. The van der Waals surface area contributed by atoms with Crippen LogP contribution >= 0.6 is 0 Å². The Morgan fingerprint density at radius 3 is 2.50 bits per heavy atom. The number of benzene rings is 1. The summed E-state index contributed by atoms with van der Waals surface area (Å²) in [5, 5.41) is 3.19. The van der Waals surface area contributed by atoms with Gasteiger partial charge in [0.05, 0.1) is 9.79 Å². The molecule has 7 nitrogen and oxygen atoms in total. The first-order chi connectivity index (χ1) is 11.2. The van der Waals surface area contributed by atoms with Crippen LogP contribution in [-0.4, -0.2) is 53.9 Å². The van der Waals surface area contributed by atoms with Gasteiger partial charge in [-0.25, -0.2) is 21.6 Å². The van der Waals surface area contributed by atoms with Gasteiger partial charge in [-0.05, 0) is 57.1 Å². The van der Waals surface area contributed by atoms with Crippen molar-refractivity contribution in [3.8, 4) is 0 Å². The SMILES string of the molecule is CCCN(C1CCNC1)S(=O)(=O)c1ccc(S(=O)(=O)NC)c(C)c1. The number of aryl methyl sites for hydroxylation is 1. The first kappa shape index (κ1) is 19.3. The van der Waals surface area contributed by atoms with Gasteiger partial charge < -0.3 is 5.32 Å². The summed E-state index contributed by atoms with van der Waals surface area (Å²) in [6.45, 7) is 5.44. The first-order valence-electron chi connectivity index (χ1n) is 8.00. The quantitative estimate of drug-likeness (QED) is 0.730. The lowest BCUT2D eigenvalue weighted by Crippen LogP contribution is -2.42. The molecule has 24 heavy (non-hydrogen) atoms. The minimum atomic E-state index is -3.66. The molecule has 1 heterocycles. The van der Waals surface area contributed by atoms with Crippen LogP contribution in [0.5, 0.6) is 0 Å². The molecule has 0 radical (unpaired) electrons. The van der Waals surface area contributed by atoms with Crippen molar-refractivity contribution >= 4 is 20.0 Å². The highest BCUT2D eigenvalue weighted by Gasteiger charge is 2.33. The molecule has 1 aliphatic rings. The van der Waals surface area contributed by atoms with Gasteiger partial charge in [0.1, 0.15) is 0 Å². The molecular formula is C15H25N3O4S2. The van der Waals surface area contributed by atoms with Crippen molar-refractivity contribution in [1.29, 1.82) is 0 Å². The van der Waals surface area contributed by atoms with E-state index < -0.39 is 20.0 Å². The van der Waals surface area contributed by atoms with Crippen molar-refractivity contribution in [3.63, 3.8) is 0 Å². The third-order valence-electron chi connectivity index (χ3n) is 4.20. The van der Waals surface area contributed by atoms with Gasteiger partial charge in [-0.15, -0.1) is 0 Å². The van der Waals surface area contributed by atoms with E-state index >= 15 is 0 Å². The van der Waals surface area contributed by atoms with Crippen LogP contribution in [0.15, 0.2) is 28.0 Å². The van der Waals surface area contributed by atoms with Crippen molar-refractivity contribution in [2.45, 2.75) is 42.5 Å². The molecule has 0 aromatic heterocycles. The maximum absolute atomic E-state index is 13.0. The molecule has 2 rings (SSSR count). The van der Waals surface area contributed by atoms with Gasteiger partial charge >= 0.3 is 0 Å². The minimum Gasteiger partial charge on any atom is -0.315 e. The third kappa shape index (κ3) is 3.80. The van der Waals surface area contributed by atoms with Crippen LogP contribution < -0.4 is 10.0 Å². The monoisotopic (exact) mass is 375 g/mol. The largest absolute Gasteiger partial charge is 0.315 e. The van der Waals surface area contributed by atoms with Crippen molar-refractivity contribution in [2.75, 3.05) is 26.7 Å². The fourth-order valence-corrected chi connectivity index (χ4v) is 5.72. The average Bonchev–Trinajstić information content (AvgIpc) is 3.05. The summed E-state index contributed by atoms with van der Waals surface area (Å²) >= 11 is 0. The fraction of sp³-hybridized carbons (Fsp3) is 0.600. The molecule has 0 amide bonds. The lowest BCUT2D eigenvalue weighted by atomic mass is 10.2. The fourth-order valence-electron chi connectivity index (χ4n) is 2.93. The lowest BCUT2D eigenvalue weighted by Gasteiger charge is -2.27. The summed E-state index contributed by atoms with van der Waals surface area (Å²) in [4.78, 5) is 0.226. The molecule has 9 heteroatoms. The summed E-state index contributed by atoms with van der Waals surface area (Å²) in [6.07, 6.45) is 1.51.